The van der Waals surface area contributed by atoms with E-state index >= 15 is 0 Å². The molecular weight excluding hydrogens is 220 g/mol. The molecule has 0 radical (unpaired) electrons. The lowest BCUT2D eigenvalue weighted by molar-refractivity contribution is 0.113. The van der Waals surface area contributed by atoms with E-state index < -0.39 is 0 Å². The van der Waals surface area contributed by atoms with E-state index in [2.05, 4.69) is 22.0 Å². The van der Waals surface area contributed by atoms with Gasteiger partial charge in [-0.2, -0.15) is 0 Å². The molecule has 0 bridgehead atoms. The molecule has 0 aromatic rings. The second-order valence-electron chi connectivity index (χ2n) is 6.43. The minimum Gasteiger partial charge on any atom is -0.303 e. The van der Waals surface area contributed by atoms with Crippen LogP contribution in [-0.2, 0) is 0 Å². The Morgan fingerprint density at radius 1 is 0.889 bits per heavy atom. The number of hydrogen-bond donors (Lipinski definition) is 0. The fraction of sp³-hybridized carbons (Fsp3) is 0.875. The highest BCUT2D eigenvalue weighted by Crippen LogP contribution is 2.24. The lowest BCUT2D eigenvalue weighted by Gasteiger charge is -2.38. The van der Waals surface area contributed by atoms with Crippen LogP contribution in [0, 0.1) is 5.92 Å². The van der Waals surface area contributed by atoms with Crippen molar-refractivity contribution in [1.29, 1.82) is 0 Å². The Labute approximate surface area is 112 Å². The summed E-state index contributed by atoms with van der Waals surface area (Å²) in [4.78, 5) is 5.48. The molecule has 0 spiro atoms. The quantitative estimate of drug-likeness (QED) is 0.709. The Hall–Kier alpha value is -0.340. The SMILES string of the molecule is C1=CC[C@@H](CN2CCC(N3CCCC3)CC2)CC1. The average Bonchev–Trinajstić information content (AvgIpc) is 2.95. The molecule has 18 heavy (non-hydrogen) atoms. The van der Waals surface area contributed by atoms with Gasteiger partial charge < -0.3 is 9.80 Å². The molecule has 0 aromatic carbocycles. The summed E-state index contributed by atoms with van der Waals surface area (Å²) in [7, 11) is 0. The van der Waals surface area contributed by atoms with Gasteiger partial charge in [-0.3, -0.25) is 0 Å². The topological polar surface area (TPSA) is 6.48 Å². The van der Waals surface area contributed by atoms with Crippen LogP contribution >= 0.6 is 0 Å². The highest BCUT2D eigenvalue weighted by molar-refractivity contribution is 4.91. The third-order valence-electron chi connectivity index (χ3n) is 5.11. The summed E-state index contributed by atoms with van der Waals surface area (Å²) in [6.07, 6.45) is 14.5. The van der Waals surface area contributed by atoms with E-state index in [1.165, 1.54) is 77.7 Å². The summed E-state index contributed by atoms with van der Waals surface area (Å²) in [6.45, 7) is 6.80. The highest BCUT2D eigenvalue weighted by Gasteiger charge is 2.27. The number of allylic oxidation sites excluding steroid dienone is 2. The molecule has 0 unspecified atom stereocenters. The van der Waals surface area contributed by atoms with E-state index in [4.69, 9.17) is 0 Å². The van der Waals surface area contributed by atoms with Crippen molar-refractivity contribution in [2.75, 3.05) is 32.7 Å². The molecule has 3 aliphatic rings. The van der Waals surface area contributed by atoms with Gasteiger partial charge >= 0.3 is 0 Å². The molecule has 1 aliphatic carbocycles. The lowest BCUT2D eigenvalue weighted by atomic mass is 9.93. The molecule has 2 nitrogen and oxygen atoms in total. The van der Waals surface area contributed by atoms with Gasteiger partial charge in [0.2, 0.25) is 0 Å². The third-order valence-corrected chi connectivity index (χ3v) is 5.11. The number of rotatable bonds is 3. The Morgan fingerprint density at radius 3 is 2.33 bits per heavy atom. The van der Waals surface area contributed by atoms with Gasteiger partial charge in [0.25, 0.3) is 0 Å². The molecule has 2 heterocycles. The van der Waals surface area contributed by atoms with E-state index in [9.17, 15) is 0 Å². The molecule has 0 aromatic heterocycles. The zero-order valence-electron chi connectivity index (χ0n) is 11.7. The summed E-state index contributed by atoms with van der Waals surface area (Å²) < 4.78 is 0. The minimum absolute atomic E-state index is 0.912. The van der Waals surface area contributed by atoms with Gasteiger partial charge in [0.1, 0.15) is 0 Å². The van der Waals surface area contributed by atoms with Crippen molar-refractivity contribution < 1.29 is 0 Å². The van der Waals surface area contributed by atoms with Crippen LogP contribution in [0.25, 0.3) is 0 Å². The molecule has 102 valence electrons. The van der Waals surface area contributed by atoms with Gasteiger partial charge in [-0.15, -0.1) is 0 Å². The smallest absolute Gasteiger partial charge is 0.0120 e. The van der Waals surface area contributed by atoms with Gasteiger partial charge in [0.05, 0.1) is 0 Å². The Kier molecular flexibility index (Phi) is 4.37. The largest absolute Gasteiger partial charge is 0.303 e. The van der Waals surface area contributed by atoms with E-state index in [0.29, 0.717) is 0 Å². The standard InChI is InChI=1S/C16H28N2/c1-2-6-15(7-3-1)14-17-12-8-16(9-13-17)18-10-4-5-11-18/h1-2,15-16H,3-14H2/t15-/m1/s1. The van der Waals surface area contributed by atoms with Crippen molar-refractivity contribution in [3.63, 3.8) is 0 Å². The number of nitrogens with zero attached hydrogens (tertiary/aromatic N) is 2. The van der Waals surface area contributed by atoms with Crippen molar-refractivity contribution in [3.05, 3.63) is 12.2 Å². The van der Waals surface area contributed by atoms with Gasteiger partial charge in [-0.25, -0.2) is 0 Å². The molecule has 2 aliphatic heterocycles. The van der Waals surface area contributed by atoms with Crippen molar-refractivity contribution in [3.8, 4) is 0 Å². The zero-order valence-corrected chi connectivity index (χ0v) is 11.7. The molecule has 1 atom stereocenters. The van der Waals surface area contributed by atoms with Gasteiger partial charge in [-0.1, -0.05) is 12.2 Å². The number of piperidine rings is 1. The van der Waals surface area contributed by atoms with Gasteiger partial charge in [0.15, 0.2) is 0 Å². The summed E-state index contributed by atoms with van der Waals surface area (Å²) in [5, 5.41) is 0. The average molecular weight is 248 g/mol. The summed E-state index contributed by atoms with van der Waals surface area (Å²) in [6, 6.07) is 0.912. The van der Waals surface area contributed by atoms with Gasteiger partial charge in [-0.05, 0) is 77.0 Å². The van der Waals surface area contributed by atoms with Crippen LogP contribution < -0.4 is 0 Å². The second kappa shape index (κ2) is 6.21. The second-order valence-corrected chi connectivity index (χ2v) is 6.43. The maximum absolute atomic E-state index is 2.75. The first-order chi connectivity index (χ1) is 8.92. The van der Waals surface area contributed by atoms with Crippen molar-refractivity contribution >= 4 is 0 Å². The minimum atomic E-state index is 0.912. The van der Waals surface area contributed by atoms with Crippen molar-refractivity contribution in [2.45, 2.75) is 51.0 Å². The predicted octanol–water partition coefficient (Wildman–Crippen LogP) is 2.90. The van der Waals surface area contributed by atoms with Crippen LogP contribution in [0.1, 0.15) is 44.9 Å². The van der Waals surface area contributed by atoms with Crippen LogP contribution in [0.4, 0.5) is 0 Å². The normalized spacial score (nSPS) is 32.1. The van der Waals surface area contributed by atoms with Crippen LogP contribution in [0.2, 0.25) is 0 Å². The lowest BCUT2D eigenvalue weighted by Crippen LogP contribution is -2.45. The van der Waals surface area contributed by atoms with Crippen LogP contribution in [0.15, 0.2) is 12.2 Å². The summed E-state index contributed by atoms with van der Waals surface area (Å²) >= 11 is 0. The Morgan fingerprint density at radius 2 is 1.67 bits per heavy atom. The van der Waals surface area contributed by atoms with E-state index in [-0.39, 0.29) is 0 Å². The molecule has 2 heteroatoms. The maximum Gasteiger partial charge on any atom is 0.0120 e. The van der Waals surface area contributed by atoms with Crippen LogP contribution in [0.5, 0.6) is 0 Å². The Bertz CT molecular complexity index is 273. The fourth-order valence-corrected chi connectivity index (χ4v) is 3.96. The molecule has 2 fully saturated rings. The molecule has 0 N–H and O–H groups in total. The van der Waals surface area contributed by atoms with E-state index in [0.717, 1.165) is 12.0 Å². The van der Waals surface area contributed by atoms with Gasteiger partial charge in [0, 0.05) is 12.6 Å². The van der Waals surface area contributed by atoms with Crippen LogP contribution in [-0.4, -0.2) is 48.6 Å². The predicted molar refractivity (Wildman–Crippen MR) is 76.8 cm³/mol. The first kappa shape index (κ1) is 12.7. The van der Waals surface area contributed by atoms with Crippen LogP contribution in [0.3, 0.4) is 0 Å². The molecular formula is C16H28N2. The van der Waals surface area contributed by atoms with Crippen molar-refractivity contribution in [2.24, 2.45) is 5.92 Å². The first-order valence-electron chi connectivity index (χ1n) is 8.03. The fourth-order valence-electron chi connectivity index (χ4n) is 3.96. The van der Waals surface area contributed by atoms with E-state index in [1.807, 2.05) is 0 Å². The molecule has 3 rings (SSSR count). The first-order valence-corrected chi connectivity index (χ1v) is 8.03. The number of likely N-dealkylation sites (tertiary alicyclic amines) is 2. The summed E-state index contributed by atoms with van der Waals surface area (Å²) in [5.74, 6) is 0.943. The zero-order chi connectivity index (χ0) is 12.2. The summed E-state index contributed by atoms with van der Waals surface area (Å²) in [5.41, 5.74) is 0. The molecule has 0 amide bonds. The Balaban J connectivity index is 1.40. The number of hydrogen-bond acceptors (Lipinski definition) is 2. The molecule has 0 saturated carbocycles. The third kappa shape index (κ3) is 3.16. The molecule has 2 saturated heterocycles. The highest BCUT2D eigenvalue weighted by atomic mass is 15.2. The van der Waals surface area contributed by atoms with Crippen molar-refractivity contribution in [1.82, 2.24) is 9.80 Å². The monoisotopic (exact) mass is 248 g/mol. The maximum atomic E-state index is 2.75. The van der Waals surface area contributed by atoms with E-state index in [1.54, 1.807) is 0 Å².